The van der Waals surface area contributed by atoms with Crippen LogP contribution in [0.4, 0.5) is 0 Å². The smallest absolute Gasteiger partial charge is 0.210 e. The molecule has 0 fully saturated rings. The number of methoxy groups -OCH3 is 2. The molecule has 1 unspecified atom stereocenters. The van der Waals surface area contributed by atoms with Gasteiger partial charge >= 0.3 is 0 Å². The van der Waals surface area contributed by atoms with Crippen LogP contribution in [0, 0.1) is 0 Å². The van der Waals surface area contributed by atoms with Gasteiger partial charge in [0.25, 0.3) is 0 Å². The molecule has 0 aromatic carbocycles. The molecular formula is C14H17N3O3. The Morgan fingerprint density at radius 2 is 2.30 bits per heavy atom. The highest BCUT2D eigenvalue weighted by Crippen LogP contribution is 2.18. The Morgan fingerprint density at radius 1 is 1.45 bits per heavy atom. The number of pyridine rings is 1. The molecule has 1 aliphatic rings. The van der Waals surface area contributed by atoms with E-state index in [4.69, 9.17) is 9.47 Å². The second-order valence-corrected chi connectivity index (χ2v) is 4.28. The lowest BCUT2D eigenvalue weighted by molar-refractivity contribution is 0.111. The van der Waals surface area contributed by atoms with Gasteiger partial charge in [0.2, 0.25) is 5.88 Å². The standard InChI is InChI=1S/C14H17N3O3/c1-19-13-5-12(9-18)17-8-10(13)7-16-11-3-4-15-14(6-11)20-2/h4-6,8-9,11,16H,3,7H2,1-2H3. The molecule has 0 saturated carbocycles. The monoisotopic (exact) mass is 275 g/mol. The summed E-state index contributed by atoms with van der Waals surface area (Å²) in [7, 11) is 3.17. The summed E-state index contributed by atoms with van der Waals surface area (Å²) in [4.78, 5) is 18.8. The van der Waals surface area contributed by atoms with Crippen molar-refractivity contribution in [3.8, 4) is 5.75 Å². The fourth-order valence-electron chi connectivity index (χ4n) is 1.91. The number of carbonyl (C=O) groups excluding carboxylic acids is 1. The minimum absolute atomic E-state index is 0.151. The Hall–Kier alpha value is -2.21. The number of nitrogens with zero attached hydrogens (tertiary/aromatic N) is 2. The Morgan fingerprint density at radius 3 is 3.00 bits per heavy atom. The molecule has 1 atom stereocenters. The fraction of sp³-hybridized carbons (Fsp3) is 0.357. The van der Waals surface area contributed by atoms with E-state index in [1.165, 1.54) is 0 Å². The summed E-state index contributed by atoms with van der Waals surface area (Å²) in [5.74, 6) is 1.25. The summed E-state index contributed by atoms with van der Waals surface area (Å²) in [5.41, 5.74) is 1.25. The van der Waals surface area contributed by atoms with Crippen molar-refractivity contribution in [1.82, 2.24) is 10.3 Å². The van der Waals surface area contributed by atoms with Crippen molar-refractivity contribution in [2.75, 3.05) is 14.2 Å². The predicted octanol–water partition coefficient (Wildman–Crippen LogP) is 1.32. The van der Waals surface area contributed by atoms with Crippen molar-refractivity contribution in [3.05, 3.63) is 35.5 Å². The van der Waals surface area contributed by atoms with Crippen molar-refractivity contribution in [1.29, 1.82) is 0 Å². The van der Waals surface area contributed by atoms with E-state index in [0.29, 0.717) is 30.2 Å². The maximum absolute atomic E-state index is 10.7. The number of ether oxygens (including phenoxy) is 2. The number of aromatic nitrogens is 1. The van der Waals surface area contributed by atoms with E-state index < -0.39 is 0 Å². The molecule has 1 aromatic heterocycles. The van der Waals surface area contributed by atoms with Crippen molar-refractivity contribution < 1.29 is 14.3 Å². The van der Waals surface area contributed by atoms with E-state index in [1.807, 2.05) is 12.3 Å². The third kappa shape index (κ3) is 3.42. The van der Waals surface area contributed by atoms with Crippen molar-refractivity contribution in [3.63, 3.8) is 0 Å². The topological polar surface area (TPSA) is 72.8 Å². The van der Waals surface area contributed by atoms with Crippen LogP contribution in [-0.4, -0.2) is 37.7 Å². The molecule has 0 spiro atoms. The van der Waals surface area contributed by atoms with Crippen LogP contribution >= 0.6 is 0 Å². The Bertz CT molecular complexity index is 540. The molecule has 0 bridgehead atoms. The number of rotatable bonds is 6. The molecular weight excluding hydrogens is 258 g/mol. The van der Waals surface area contributed by atoms with Gasteiger partial charge in [-0.15, -0.1) is 0 Å². The van der Waals surface area contributed by atoms with Crippen molar-refractivity contribution in [2.24, 2.45) is 4.99 Å². The van der Waals surface area contributed by atoms with E-state index in [1.54, 1.807) is 26.5 Å². The third-order valence-corrected chi connectivity index (χ3v) is 2.99. The molecule has 1 N–H and O–H groups in total. The first kappa shape index (κ1) is 14.2. The summed E-state index contributed by atoms with van der Waals surface area (Å²) in [6.45, 7) is 0.585. The van der Waals surface area contributed by atoms with Gasteiger partial charge in [-0.05, 0) is 6.08 Å². The zero-order valence-corrected chi connectivity index (χ0v) is 11.5. The number of carbonyl (C=O) groups is 1. The summed E-state index contributed by atoms with van der Waals surface area (Å²) in [6.07, 6.45) is 6.90. The molecule has 0 saturated heterocycles. The van der Waals surface area contributed by atoms with Gasteiger partial charge in [0.15, 0.2) is 6.29 Å². The predicted molar refractivity (Wildman–Crippen MR) is 75.0 cm³/mol. The zero-order valence-electron chi connectivity index (χ0n) is 11.5. The first-order valence-corrected chi connectivity index (χ1v) is 6.26. The minimum atomic E-state index is 0.151. The van der Waals surface area contributed by atoms with Crippen molar-refractivity contribution in [2.45, 2.75) is 19.0 Å². The first-order chi connectivity index (χ1) is 9.76. The average molecular weight is 275 g/mol. The number of nitrogens with one attached hydrogen (secondary N) is 1. The van der Waals surface area contributed by atoms with E-state index in [0.717, 1.165) is 12.0 Å². The van der Waals surface area contributed by atoms with Crippen LogP contribution in [0.2, 0.25) is 0 Å². The van der Waals surface area contributed by atoms with E-state index in [-0.39, 0.29) is 6.04 Å². The van der Waals surface area contributed by atoms with Crippen molar-refractivity contribution >= 4 is 12.5 Å². The van der Waals surface area contributed by atoms with Crippen LogP contribution in [-0.2, 0) is 11.3 Å². The molecule has 0 aliphatic carbocycles. The molecule has 0 radical (unpaired) electrons. The molecule has 6 heteroatoms. The maximum atomic E-state index is 10.7. The van der Waals surface area contributed by atoms with Crippen LogP contribution in [0.5, 0.6) is 5.75 Å². The lowest BCUT2D eigenvalue weighted by Gasteiger charge is -2.17. The number of hydrogen-bond donors (Lipinski definition) is 1. The van der Waals surface area contributed by atoms with Crippen LogP contribution in [0.3, 0.4) is 0 Å². The highest BCUT2D eigenvalue weighted by molar-refractivity contribution is 5.72. The molecule has 6 nitrogen and oxygen atoms in total. The summed E-state index contributed by atoms with van der Waals surface area (Å²) >= 11 is 0. The Balaban J connectivity index is 2.02. The van der Waals surface area contributed by atoms with Crippen LogP contribution in [0.15, 0.2) is 29.2 Å². The molecule has 1 aliphatic heterocycles. The summed E-state index contributed by atoms with van der Waals surface area (Å²) in [6, 6.07) is 1.78. The Labute approximate surface area is 117 Å². The van der Waals surface area contributed by atoms with Gasteiger partial charge in [0.05, 0.1) is 14.2 Å². The quantitative estimate of drug-likeness (QED) is 0.793. The molecule has 0 amide bonds. The summed E-state index contributed by atoms with van der Waals surface area (Å²) < 4.78 is 10.4. The van der Waals surface area contributed by atoms with Gasteiger partial charge < -0.3 is 14.8 Å². The van der Waals surface area contributed by atoms with E-state index in [2.05, 4.69) is 15.3 Å². The highest BCUT2D eigenvalue weighted by Gasteiger charge is 2.12. The molecule has 20 heavy (non-hydrogen) atoms. The van der Waals surface area contributed by atoms with Gasteiger partial charge in [-0.3, -0.25) is 9.78 Å². The van der Waals surface area contributed by atoms with E-state index >= 15 is 0 Å². The second-order valence-electron chi connectivity index (χ2n) is 4.28. The minimum Gasteiger partial charge on any atom is -0.496 e. The van der Waals surface area contributed by atoms with Crippen LogP contribution in [0.1, 0.15) is 22.5 Å². The molecule has 1 aromatic rings. The number of hydrogen-bond acceptors (Lipinski definition) is 6. The average Bonchev–Trinajstić information content (AvgIpc) is 2.52. The highest BCUT2D eigenvalue weighted by atomic mass is 16.5. The summed E-state index contributed by atoms with van der Waals surface area (Å²) in [5, 5.41) is 3.36. The SMILES string of the molecule is COC1=CC(NCc2cnc(C=O)cc2OC)CC=N1. The Kier molecular flexibility index (Phi) is 4.84. The molecule has 2 heterocycles. The first-order valence-electron chi connectivity index (χ1n) is 6.26. The number of aldehydes is 1. The van der Waals surface area contributed by atoms with E-state index in [9.17, 15) is 4.79 Å². The largest absolute Gasteiger partial charge is 0.496 e. The third-order valence-electron chi connectivity index (χ3n) is 2.99. The second kappa shape index (κ2) is 6.81. The fourth-order valence-corrected chi connectivity index (χ4v) is 1.91. The number of aliphatic imine (C=N–C) groups is 1. The van der Waals surface area contributed by atoms with Gasteiger partial charge in [0, 0.05) is 43.0 Å². The normalized spacial score (nSPS) is 17.5. The van der Waals surface area contributed by atoms with Gasteiger partial charge in [-0.1, -0.05) is 0 Å². The molecule has 2 rings (SSSR count). The van der Waals surface area contributed by atoms with Gasteiger partial charge in [-0.25, -0.2) is 4.99 Å². The lowest BCUT2D eigenvalue weighted by Crippen LogP contribution is -2.29. The zero-order chi connectivity index (χ0) is 14.4. The van der Waals surface area contributed by atoms with Gasteiger partial charge in [-0.2, -0.15) is 0 Å². The molecule has 106 valence electrons. The lowest BCUT2D eigenvalue weighted by atomic mass is 10.1. The van der Waals surface area contributed by atoms with Crippen LogP contribution in [0.25, 0.3) is 0 Å². The van der Waals surface area contributed by atoms with Gasteiger partial charge in [0.1, 0.15) is 11.4 Å². The maximum Gasteiger partial charge on any atom is 0.210 e. The van der Waals surface area contributed by atoms with Crippen LogP contribution < -0.4 is 10.1 Å².